The van der Waals surface area contributed by atoms with Crippen molar-refractivity contribution in [1.82, 2.24) is 4.98 Å². The molecule has 6 nitrogen and oxygen atoms in total. The third-order valence-corrected chi connectivity index (χ3v) is 6.04. The molecule has 1 aromatic heterocycles. The Hall–Kier alpha value is -1.96. The minimum absolute atomic E-state index is 0.0248. The molecule has 2 unspecified atom stereocenters. The van der Waals surface area contributed by atoms with E-state index in [1.807, 2.05) is 23.6 Å². The van der Waals surface area contributed by atoms with Gasteiger partial charge in [0.25, 0.3) is 0 Å². The number of methoxy groups -OCH3 is 1. The quantitative estimate of drug-likeness (QED) is 0.314. The molecule has 1 fully saturated rings. The summed E-state index contributed by atoms with van der Waals surface area (Å²) < 4.78 is 22.5. The lowest BCUT2D eigenvalue weighted by Gasteiger charge is -2.13. The number of aromatic nitrogens is 1. The van der Waals surface area contributed by atoms with Crippen molar-refractivity contribution in [3.8, 4) is 16.3 Å². The third kappa shape index (κ3) is 7.30. The summed E-state index contributed by atoms with van der Waals surface area (Å²) in [6, 6.07) is 6.11. The van der Waals surface area contributed by atoms with E-state index in [0.29, 0.717) is 32.3 Å². The molecule has 0 bridgehead atoms. The Labute approximate surface area is 188 Å². The van der Waals surface area contributed by atoms with Crippen LogP contribution >= 0.6 is 11.3 Å². The summed E-state index contributed by atoms with van der Waals surface area (Å²) >= 11 is 1.59. The molecule has 0 saturated carbocycles. The molecule has 170 valence electrons. The summed E-state index contributed by atoms with van der Waals surface area (Å²) in [6.07, 6.45) is 5.04. The van der Waals surface area contributed by atoms with Crippen LogP contribution in [0.1, 0.15) is 45.1 Å². The molecule has 1 saturated heterocycles. The predicted molar refractivity (Wildman–Crippen MR) is 121 cm³/mol. The number of nitrogens with zero attached hydrogens (tertiary/aromatic N) is 1. The summed E-state index contributed by atoms with van der Waals surface area (Å²) in [5.74, 6) is 1.31. The van der Waals surface area contributed by atoms with Gasteiger partial charge in [-0.15, -0.1) is 11.3 Å². The zero-order valence-electron chi connectivity index (χ0n) is 18.7. The van der Waals surface area contributed by atoms with Gasteiger partial charge < -0.3 is 18.9 Å². The predicted octanol–water partition coefficient (Wildman–Crippen LogP) is 5.11. The molecule has 0 N–H and O–H groups in total. The molecule has 0 aliphatic carbocycles. The van der Waals surface area contributed by atoms with E-state index < -0.39 is 0 Å². The summed E-state index contributed by atoms with van der Waals surface area (Å²) in [6.45, 7) is 6.58. The van der Waals surface area contributed by atoms with Gasteiger partial charge in [-0.05, 0) is 36.5 Å². The average Bonchev–Trinajstić information content (AvgIpc) is 3.39. The number of carbonyl (C=O) groups excluding carboxylic acids is 1. The number of carbonyl (C=O) groups is 1. The molecule has 3 rings (SSSR count). The van der Waals surface area contributed by atoms with Gasteiger partial charge in [0, 0.05) is 38.1 Å². The normalized spacial score (nSPS) is 18.5. The molecule has 0 spiro atoms. The molecule has 2 heterocycles. The Bertz CT molecular complexity index is 808. The van der Waals surface area contributed by atoms with Gasteiger partial charge in [0.2, 0.25) is 0 Å². The van der Waals surface area contributed by atoms with Crippen LogP contribution in [-0.4, -0.2) is 44.0 Å². The summed E-state index contributed by atoms with van der Waals surface area (Å²) in [7, 11) is 1.69. The van der Waals surface area contributed by atoms with Crippen LogP contribution in [-0.2, 0) is 25.6 Å². The second kappa shape index (κ2) is 12.2. The number of esters is 1. The highest BCUT2D eigenvalue weighted by Gasteiger charge is 2.34. The topological polar surface area (TPSA) is 66.9 Å². The van der Waals surface area contributed by atoms with E-state index >= 15 is 0 Å². The largest absolute Gasteiger partial charge is 0.493 e. The lowest BCUT2D eigenvalue weighted by Crippen LogP contribution is -2.10. The minimum Gasteiger partial charge on any atom is -0.493 e. The SMILES string of the molecule is COCCCOc1cc(COCCC2CC(CC(C)C)C(=O)O2)ccc1-c1nccs1. The van der Waals surface area contributed by atoms with E-state index in [4.69, 9.17) is 18.9 Å². The first-order valence-electron chi connectivity index (χ1n) is 11.0. The summed E-state index contributed by atoms with van der Waals surface area (Å²) in [5, 5.41) is 2.90. The van der Waals surface area contributed by atoms with Crippen LogP contribution in [0.15, 0.2) is 29.8 Å². The second-order valence-electron chi connectivity index (χ2n) is 8.32. The van der Waals surface area contributed by atoms with Crippen molar-refractivity contribution < 1.29 is 23.7 Å². The van der Waals surface area contributed by atoms with Gasteiger partial charge in [-0.25, -0.2) is 4.98 Å². The number of ether oxygens (including phenoxy) is 4. The van der Waals surface area contributed by atoms with Crippen LogP contribution in [0.2, 0.25) is 0 Å². The fraction of sp³-hybridized carbons (Fsp3) is 0.583. The number of thiazole rings is 1. The smallest absolute Gasteiger partial charge is 0.309 e. The van der Waals surface area contributed by atoms with E-state index in [1.54, 1.807) is 24.6 Å². The van der Waals surface area contributed by atoms with Crippen molar-refractivity contribution in [3.05, 3.63) is 35.3 Å². The van der Waals surface area contributed by atoms with Crippen LogP contribution in [0.4, 0.5) is 0 Å². The second-order valence-corrected chi connectivity index (χ2v) is 9.22. The van der Waals surface area contributed by atoms with E-state index in [-0.39, 0.29) is 18.0 Å². The van der Waals surface area contributed by atoms with Gasteiger partial charge in [0.05, 0.1) is 31.3 Å². The molecule has 2 atom stereocenters. The molecule has 31 heavy (non-hydrogen) atoms. The van der Waals surface area contributed by atoms with Crippen molar-refractivity contribution in [2.45, 2.75) is 52.2 Å². The van der Waals surface area contributed by atoms with E-state index in [0.717, 1.165) is 47.6 Å². The van der Waals surface area contributed by atoms with Crippen LogP contribution in [0.25, 0.3) is 10.6 Å². The molecule has 7 heteroatoms. The molecule has 1 aromatic carbocycles. The lowest BCUT2D eigenvalue weighted by molar-refractivity contribution is -0.145. The Balaban J connectivity index is 1.50. The maximum atomic E-state index is 12.0. The first kappa shape index (κ1) is 23.7. The van der Waals surface area contributed by atoms with Crippen LogP contribution < -0.4 is 4.74 Å². The number of hydrogen-bond donors (Lipinski definition) is 0. The minimum atomic E-state index is -0.0493. The Morgan fingerprint density at radius 3 is 2.87 bits per heavy atom. The molecule has 1 aliphatic rings. The van der Waals surface area contributed by atoms with Gasteiger partial charge in [-0.2, -0.15) is 0 Å². The maximum absolute atomic E-state index is 12.0. The van der Waals surface area contributed by atoms with Crippen molar-refractivity contribution in [3.63, 3.8) is 0 Å². The molecular weight excluding hydrogens is 414 g/mol. The van der Waals surface area contributed by atoms with Gasteiger partial charge in [-0.1, -0.05) is 19.9 Å². The fourth-order valence-corrected chi connectivity index (χ4v) is 4.43. The number of rotatable bonds is 13. The maximum Gasteiger partial charge on any atom is 0.309 e. The lowest BCUT2D eigenvalue weighted by atomic mass is 9.94. The fourth-order valence-electron chi connectivity index (χ4n) is 3.76. The van der Waals surface area contributed by atoms with Gasteiger partial charge in [0.15, 0.2) is 0 Å². The van der Waals surface area contributed by atoms with Crippen molar-refractivity contribution in [1.29, 1.82) is 0 Å². The first-order valence-corrected chi connectivity index (χ1v) is 11.9. The van der Waals surface area contributed by atoms with Crippen LogP contribution in [0.3, 0.4) is 0 Å². The Morgan fingerprint density at radius 2 is 2.13 bits per heavy atom. The van der Waals surface area contributed by atoms with E-state index in [2.05, 4.69) is 18.8 Å². The van der Waals surface area contributed by atoms with E-state index in [9.17, 15) is 4.79 Å². The van der Waals surface area contributed by atoms with Crippen LogP contribution in [0, 0.1) is 11.8 Å². The van der Waals surface area contributed by atoms with Gasteiger partial charge in [-0.3, -0.25) is 4.79 Å². The number of hydrogen-bond acceptors (Lipinski definition) is 7. The zero-order chi connectivity index (χ0) is 22.1. The molecular formula is C24H33NO5S. The Kier molecular flexibility index (Phi) is 9.31. The zero-order valence-corrected chi connectivity index (χ0v) is 19.5. The summed E-state index contributed by atoms with van der Waals surface area (Å²) in [5.41, 5.74) is 2.04. The number of benzene rings is 1. The molecule has 1 aliphatic heterocycles. The van der Waals surface area contributed by atoms with Crippen molar-refractivity contribution in [2.24, 2.45) is 11.8 Å². The highest BCUT2D eigenvalue weighted by atomic mass is 32.1. The van der Waals surface area contributed by atoms with Gasteiger partial charge >= 0.3 is 5.97 Å². The van der Waals surface area contributed by atoms with Crippen molar-refractivity contribution >= 4 is 17.3 Å². The molecule has 0 radical (unpaired) electrons. The Morgan fingerprint density at radius 1 is 1.26 bits per heavy atom. The third-order valence-electron chi connectivity index (χ3n) is 5.23. The van der Waals surface area contributed by atoms with E-state index in [1.165, 1.54) is 0 Å². The van der Waals surface area contributed by atoms with Crippen LogP contribution in [0.5, 0.6) is 5.75 Å². The highest BCUT2D eigenvalue weighted by Crippen LogP contribution is 2.33. The number of cyclic esters (lactones) is 1. The molecule has 0 amide bonds. The van der Waals surface area contributed by atoms with Crippen molar-refractivity contribution in [2.75, 3.05) is 26.9 Å². The average molecular weight is 448 g/mol. The summed E-state index contributed by atoms with van der Waals surface area (Å²) in [4.78, 5) is 16.4. The standard InChI is InChI=1S/C24H33NO5S/c1-17(2)13-19-15-20(30-24(19)26)7-11-28-16-18-5-6-21(23-25-8-12-31-23)22(14-18)29-10-4-9-27-3/h5-6,8,12,14,17,19-20H,4,7,9-11,13,15-16H2,1-3H3. The van der Waals surface area contributed by atoms with Gasteiger partial charge in [0.1, 0.15) is 16.9 Å². The first-order chi connectivity index (χ1) is 15.1. The molecule has 2 aromatic rings. The highest BCUT2D eigenvalue weighted by molar-refractivity contribution is 7.13. The monoisotopic (exact) mass is 447 g/mol.